The van der Waals surface area contributed by atoms with Crippen LogP contribution in [-0.4, -0.2) is 22.5 Å². The number of benzene rings is 1. The maximum absolute atomic E-state index is 12.5. The van der Waals surface area contributed by atoms with Gasteiger partial charge >= 0.3 is 11.7 Å². The fourth-order valence-electron chi connectivity index (χ4n) is 2.75. The number of aromatic nitrogens is 2. The average Bonchev–Trinajstić information content (AvgIpc) is 2.56. The Bertz CT molecular complexity index is 1040. The minimum Gasteiger partial charge on any atom is -0.462 e. The van der Waals surface area contributed by atoms with E-state index in [0.29, 0.717) is 5.56 Å². The van der Waals surface area contributed by atoms with Gasteiger partial charge in [0.1, 0.15) is 5.57 Å². The van der Waals surface area contributed by atoms with E-state index in [9.17, 15) is 14.4 Å². The summed E-state index contributed by atoms with van der Waals surface area (Å²) in [6.45, 7) is 1.71. The topological polar surface area (TPSA) is 127 Å². The molecule has 0 radical (unpaired) electrons. The number of ether oxygens (including phenoxy) is 2. The summed E-state index contributed by atoms with van der Waals surface area (Å²) in [4.78, 5) is 40.9. The van der Waals surface area contributed by atoms with Crippen LogP contribution in [0.2, 0.25) is 10.0 Å². The normalized spacial score (nSPS) is 16.0. The molecule has 0 amide bonds. The average molecular weight is 398 g/mol. The van der Waals surface area contributed by atoms with Gasteiger partial charge in [0.2, 0.25) is 11.8 Å². The predicted molar refractivity (Wildman–Crippen MR) is 94.5 cm³/mol. The number of nitrogens with two attached hydrogens (primary N) is 1. The molecular formula is C16H13Cl2N3O5. The Kier molecular flexibility index (Phi) is 4.80. The number of fused-ring (bicyclic) bond motifs is 1. The Labute approximate surface area is 156 Å². The van der Waals surface area contributed by atoms with E-state index < -0.39 is 23.1 Å². The standard InChI is InChI=1S/C16H13Cl2N3O5/c1-2-25-15(23)9-8(6-4-3-5-7(17)11(6)18)10-13(22)20-16(24)21-14(10)26-12(9)19/h3-5,8H,2,19H2,1H3,(H2,20,21,22,24)/t8-/m0/s1. The van der Waals surface area contributed by atoms with Gasteiger partial charge in [0.15, 0.2) is 0 Å². The monoisotopic (exact) mass is 397 g/mol. The summed E-state index contributed by atoms with van der Waals surface area (Å²) in [7, 11) is 0. The highest BCUT2D eigenvalue weighted by molar-refractivity contribution is 6.42. The summed E-state index contributed by atoms with van der Waals surface area (Å²) in [5, 5.41) is 0.354. The summed E-state index contributed by atoms with van der Waals surface area (Å²) in [5.74, 6) is -2.30. The van der Waals surface area contributed by atoms with Gasteiger partial charge < -0.3 is 15.2 Å². The van der Waals surface area contributed by atoms with Crippen LogP contribution in [0.3, 0.4) is 0 Å². The first-order valence-corrected chi connectivity index (χ1v) is 8.25. The second kappa shape index (κ2) is 6.89. The van der Waals surface area contributed by atoms with Crippen molar-refractivity contribution < 1.29 is 14.3 Å². The number of rotatable bonds is 3. The number of carbonyl (C=O) groups is 1. The van der Waals surface area contributed by atoms with Gasteiger partial charge in [-0.3, -0.25) is 14.8 Å². The largest absolute Gasteiger partial charge is 0.462 e. The van der Waals surface area contributed by atoms with Crippen molar-refractivity contribution in [3.05, 3.63) is 71.7 Å². The Morgan fingerprint density at radius 1 is 1.31 bits per heavy atom. The molecule has 0 saturated carbocycles. The van der Waals surface area contributed by atoms with Crippen LogP contribution in [0, 0.1) is 0 Å². The summed E-state index contributed by atoms with van der Waals surface area (Å²) in [6, 6.07) is 4.75. The molecule has 0 saturated heterocycles. The van der Waals surface area contributed by atoms with Crippen LogP contribution < -0.4 is 21.7 Å². The lowest BCUT2D eigenvalue weighted by atomic mass is 9.84. The lowest BCUT2D eigenvalue weighted by Gasteiger charge is -2.27. The summed E-state index contributed by atoms with van der Waals surface area (Å²) in [5.41, 5.74) is 4.55. The minimum atomic E-state index is -1.04. The molecule has 2 aromatic rings. The number of halogens is 2. The van der Waals surface area contributed by atoms with Crippen LogP contribution in [-0.2, 0) is 9.53 Å². The maximum atomic E-state index is 12.5. The Morgan fingerprint density at radius 2 is 2.04 bits per heavy atom. The fourth-order valence-corrected chi connectivity index (χ4v) is 3.17. The molecule has 10 heteroatoms. The van der Waals surface area contributed by atoms with Gasteiger partial charge in [-0.1, -0.05) is 35.3 Å². The fraction of sp³-hybridized carbons (Fsp3) is 0.188. The second-order valence-corrected chi connectivity index (χ2v) is 6.11. The number of H-pyrrole nitrogens is 2. The third-order valence-electron chi connectivity index (χ3n) is 3.79. The molecule has 1 aromatic carbocycles. The molecule has 1 aliphatic rings. The molecule has 26 heavy (non-hydrogen) atoms. The number of hydrogen-bond donors (Lipinski definition) is 3. The van der Waals surface area contributed by atoms with E-state index in [1.807, 2.05) is 0 Å². The lowest BCUT2D eigenvalue weighted by molar-refractivity contribution is -0.139. The number of nitrogens with one attached hydrogen (secondary N) is 2. The molecule has 1 aromatic heterocycles. The Morgan fingerprint density at radius 3 is 2.73 bits per heavy atom. The third kappa shape index (κ3) is 2.97. The highest BCUT2D eigenvalue weighted by atomic mass is 35.5. The Balaban J connectivity index is 2.35. The van der Waals surface area contributed by atoms with Gasteiger partial charge in [-0.15, -0.1) is 0 Å². The number of carbonyl (C=O) groups excluding carboxylic acids is 1. The second-order valence-electron chi connectivity index (χ2n) is 5.33. The first-order valence-electron chi connectivity index (χ1n) is 7.50. The van der Waals surface area contributed by atoms with Crippen molar-refractivity contribution in [1.82, 2.24) is 9.97 Å². The molecule has 4 N–H and O–H groups in total. The van der Waals surface area contributed by atoms with Crippen molar-refractivity contribution in [2.75, 3.05) is 6.61 Å². The van der Waals surface area contributed by atoms with Crippen molar-refractivity contribution in [3.8, 4) is 5.88 Å². The molecular weight excluding hydrogens is 385 g/mol. The van der Waals surface area contributed by atoms with Crippen molar-refractivity contribution >= 4 is 29.2 Å². The zero-order chi connectivity index (χ0) is 19.0. The molecule has 3 rings (SSSR count). The number of aromatic amines is 2. The molecule has 0 unspecified atom stereocenters. The zero-order valence-corrected chi connectivity index (χ0v) is 14.9. The van der Waals surface area contributed by atoms with Gasteiger partial charge in [0, 0.05) is 0 Å². The maximum Gasteiger partial charge on any atom is 0.340 e. The minimum absolute atomic E-state index is 0.0361. The zero-order valence-electron chi connectivity index (χ0n) is 13.4. The van der Waals surface area contributed by atoms with Crippen molar-refractivity contribution in [2.24, 2.45) is 5.73 Å². The van der Waals surface area contributed by atoms with Gasteiger partial charge in [-0.05, 0) is 18.6 Å². The van der Waals surface area contributed by atoms with E-state index in [4.69, 9.17) is 38.4 Å². The highest BCUT2D eigenvalue weighted by Crippen LogP contribution is 2.43. The third-order valence-corrected chi connectivity index (χ3v) is 4.62. The summed E-state index contributed by atoms with van der Waals surface area (Å²) >= 11 is 12.4. The molecule has 0 bridgehead atoms. The van der Waals surface area contributed by atoms with Crippen LogP contribution in [0.4, 0.5) is 0 Å². The summed E-state index contributed by atoms with van der Waals surface area (Å²) in [6.07, 6.45) is 0. The van der Waals surface area contributed by atoms with Crippen LogP contribution in [0.5, 0.6) is 5.88 Å². The molecule has 2 heterocycles. The van der Waals surface area contributed by atoms with E-state index in [2.05, 4.69) is 9.97 Å². The van der Waals surface area contributed by atoms with Crippen LogP contribution in [0.25, 0.3) is 0 Å². The van der Waals surface area contributed by atoms with Crippen LogP contribution in [0.15, 0.2) is 39.2 Å². The van der Waals surface area contributed by atoms with Gasteiger partial charge in [-0.2, -0.15) is 0 Å². The quantitative estimate of drug-likeness (QED) is 0.675. The first-order chi connectivity index (χ1) is 12.3. The van der Waals surface area contributed by atoms with E-state index in [-0.39, 0.29) is 39.6 Å². The van der Waals surface area contributed by atoms with E-state index in [1.54, 1.807) is 25.1 Å². The smallest absolute Gasteiger partial charge is 0.340 e. The van der Waals surface area contributed by atoms with Gasteiger partial charge in [0.05, 0.1) is 28.1 Å². The van der Waals surface area contributed by atoms with Crippen LogP contribution in [0.1, 0.15) is 24.0 Å². The van der Waals surface area contributed by atoms with E-state index in [0.717, 1.165) is 0 Å². The molecule has 136 valence electrons. The molecule has 0 aliphatic carbocycles. The van der Waals surface area contributed by atoms with E-state index >= 15 is 0 Å². The molecule has 0 fully saturated rings. The molecule has 0 spiro atoms. The van der Waals surface area contributed by atoms with Crippen molar-refractivity contribution in [1.29, 1.82) is 0 Å². The van der Waals surface area contributed by atoms with Gasteiger partial charge in [-0.25, -0.2) is 9.59 Å². The SMILES string of the molecule is CCOC(=O)C1=C(N)Oc2[nH]c(=O)[nH]c(=O)c2[C@H]1c1cccc(Cl)c1Cl. The van der Waals surface area contributed by atoms with Crippen LogP contribution >= 0.6 is 23.2 Å². The van der Waals surface area contributed by atoms with E-state index in [1.165, 1.54) is 0 Å². The highest BCUT2D eigenvalue weighted by Gasteiger charge is 2.39. The number of hydrogen-bond acceptors (Lipinski definition) is 6. The molecule has 1 atom stereocenters. The first kappa shape index (κ1) is 18.1. The Hall–Kier alpha value is -2.71. The van der Waals surface area contributed by atoms with Gasteiger partial charge in [0.25, 0.3) is 5.56 Å². The summed E-state index contributed by atoms with van der Waals surface area (Å²) < 4.78 is 10.3. The van der Waals surface area contributed by atoms with Crippen molar-refractivity contribution in [3.63, 3.8) is 0 Å². The predicted octanol–water partition coefficient (Wildman–Crippen LogP) is 1.63. The van der Waals surface area contributed by atoms with Crippen molar-refractivity contribution in [2.45, 2.75) is 12.8 Å². The lowest BCUT2D eigenvalue weighted by Crippen LogP contribution is -2.35. The molecule has 1 aliphatic heterocycles. The number of esters is 1. The molecule has 8 nitrogen and oxygen atoms in total.